The van der Waals surface area contributed by atoms with Crippen molar-refractivity contribution in [2.24, 2.45) is 0 Å². The molecule has 1 aromatic carbocycles. The van der Waals surface area contributed by atoms with E-state index in [1.165, 1.54) is 0 Å². The van der Waals surface area contributed by atoms with Crippen LogP contribution in [0.1, 0.15) is 6.92 Å². The molecule has 0 saturated carbocycles. The van der Waals surface area contributed by atoms with Crippen LogP contribution in [0.15, 0.2) is 34.9 Å². The first-order chi connectivity index (χ1) is 11.6. The summed E-state index contributed by atoms with van der Waals surface area (Å²) in [6.45, 7) is 5.00. The maximum atomic E-state index is 6.13. The van der Waals surface area contributed by atoms with Crippen molar-refractivity contribution in [3.05, 3.63) is 34.9 Å². The lowest BCUT2D eigenvalue weighted by atomic mass is 10.2. The predicted molar refractivity (Wildman–Crippen MR) is 95.3 cm³/mol. The number of hydrogen-bond acceptors (Lipinski definition) is 6. The summed E-state index contributed by atoms with van der Waals surface area (Å²) < 4.78 is 8.97. The summed E-state index contributed by atoms with van der Waals surface area (Å²) in [5.74, 6) is 0.862. The van der Waals surface area contributed by atoms with Gasteiger partial charge in [0, 0.05) is 29.8 Å². The van der Waals surface area contributed by atoms with E-state index in [9.17, 15) is 0 Å². The first kappa shape index (κ1) is 15.3. The molecule has 1 saturated heterocycles. The fraction of sp³-hybridized carbons (Fsp3) is 0.312. The lowest BCUT2D eigenvalue weighted by Gasteiger charge is -2.37. The lowest BCUT2D eigenvalue weighted by molar-refractivity contribution is 0.0170. The number of likely N-dealkylation sites (tertiary alicyclic amines) is 1. The third-order valence-electron chi connectivity index (χ3n) is 4.12. The van der Waals surface area contributed by atoms with E-state index in [2.05, 4.69) is 42.7 Å². The van der Waals surface area contributed by atoms with Gasteiger partial charge < -0.3 is 10.5 Å². The van der Waals surface area contributed by atoms with Crippen molar-refractivity contribution in [3.63, 3.8) is 0 Å². The second-order valence-electron chi connectivity index (χ2n) is 5.73. The normalized spacial score (nSPS) is 15.6. The zero-order valence-corrected chi connectivity index (χ0v) is 14.8. The van der Waals surface area contributed by atoms with E-state index in [1.54, 1.807) is 12.3 Å². The van der Waals surface area contributed by atoms with Crippen LogP contribution in [0.4, 0.5) is 5.95 Å². The van der Waals surface area contributed by atoms with Gasteiger partial charge in [-0.15, -0.1) is 0 Å². The molecule has 0 amide bonds. The predicted octanol–water partition coefficient (Wildman–Crippen LogP) is 2.24. The van der Waals surface area contributed by atoms with Gasteiger partial charge in [0.25, 0.3) is 0 Å². The van der Waals surface area contributed by atoms with Crippen LogP contribution in [0.3, 0.4) is 0 Å². The van der Waals surface area contributed by atoms with Gasteiger partial charge in [0.15, 0.2) is 0 Å². The minimum Gasteiger partial charge on any atom is -0.458 e. The largest absolute Gasteiger partial charge is 0.458 e. The molecule has 124 valence electrons. The number of imidazole rings is 1. The molecule has 8 heteroatoms. The zero-order chi connectivity index (χ0) is 16.7. The summed E-state index contributed by atoms with van der Waals surface area (Å²) in [6.07, 6.45) is 1.77. The summed E-state index contributed by atoms with van der Waals surface area (Å²) in [5.41, 5.74) is 7.50. The van der Waals surface area contributed by atoms with E-state index in [4.69, 9.17) is 10.5 Å². The summed E-state index contributed by atoms with van der Waals surface area (Å²) in [4.78, 5) is 15.2. The van der Waals surface area contributed by atoms with Gasteiger partial charge in [0.05, 0.1) is 11.0 Å². The van der Waals surface area contributed by atoms with Gasteiger partial charge in [-0.25, -0.2) is 9.55 Å². The third kappa shape index (κ3) is 2.71. The van der Waals surface area contributed by atoms with E-state index in [0.717, 1.165) is 35.1 Å². The van der Waals surface area contributed by atoms with Gasteiger partial charge in [-0.2, -0.15) is 9.97 Å². The SMILES string of the molecule is CCN1CC(Oc2nc3ccc(Br)cc3n2-c2ccnc(N)n2)C1. The molecule has 3 heterocycles. The number of hydrogen-bond donors (Lipinski definition) is 1. The number of anilines is 1. The minimum absolute atomic E-state index is 0.142. The van der Waals surface area contributed by atoms with Crippen molar-refractivity contribution in [3.8, 4) is 11.8 Å². The average molecular weight is 389 g/mol. The number of nitrogens with two attached hydrogens (primary N) is 1. The van der Waals surface area contributed by atoms with Crippen LogP contribution in [0.2, 0.25) is 0 Å². The Morgan fingerprint density at radius 3 is 2.88 bits per heavy atom. The minimum atomic E-state index is 0.142. The molecular formula is C16H17BrN6O. The van der Waals surface area contributed by atoms with Crippen molar-refractivity contribution < 1.29 is 4.74 Å². The van der Waals surface area contributed by atoms with Crippen LogP contribution in [0.25, 0.3) is 16.9 Å². The molecular weight excluding hydrogens is 372 g/mol. The summed E-state index contributed by atoms with van der Waals surface area (Å²) in [6, 6.07) is 8.23. The van der Waals surface area contributed by atoms with Crippen LogP contribution in [-0.2, 0) is 0 Å². The summed E-state index contributed by atoms with van der Waals surface area (Å²) in [7, 11) is 0. The number of nitrogens with zero attached hydrogens (tertiary/aromatic N) is 5. The number of ether oxygens (including phenoxy) is 1. The van der Waals surface area contributed by atoms with E-state index in [1.807, 2.05) is 22.8 Å². The lowest BCUT2D eigenvalue weighted by Crippen LogP contribution is -2.53. The standard InChI is InChI=1S/C16H17BrN6O/c1-2-22-8-11(9-22)24-16-20-12-4-3-10(17)7-13(12)23(16)14-5-6-19-15(18)21-14/h3-7,11H,2,8-9H2,1H3,(H2,18,19,21). The maximum Gasteiger partial charge on any atom is 0.303 e. The topological polar surface area (TPSA) is 82.1 Å². The highest BCUT2D eigenvalue weighted by Gasteiger charge is 2.29. The molecule has 1 fully saturated rings. The molecule has 2 aromatic heterocycles. The zero-order valence-electron chi connectivity index (χ0n) is 13.2. The van der Waals surface area contributed by atoms with Gasteiger partial charge in [0.1, 0.15) is 11.9 Å². The molecule has 0 bridgehead atoms. The van der Waals surface area contributed by atoms with Crippen molar-refractivity contribution in [2.45, 2.75) is 13.0 Å². The Bertz CT molecular complexity index is 889. The maximum absolute atomic E-state index is 6.13. The molecule has 0 aliphatic carbocycles. The molecule has 0 atom stereocenters. The molecule has 24 heavy (non-hydrogen) atoms. The molecule has 0 radical (unpaired) electrons. The molecule has 1 aliphatic heterocycles. The quantitative estimate of drug-likeness (QED) is 0.737. The van der Waals surface area contributed by atoms with Gasteiger partial charge in [0.2, 0.25) is 5.95 Å². The van der Waals surface area contributed by atoms with Crippen molar-refractivity contribution >= 4 is 32.9 Å². The Balaban J connectivity index is 1.79. The summed E-state index contributed by atoms with van der Waals surface area (Å²) in [5, 5.41) is 0. The van der Waals surface area contributed by atoms with Crippen LogP contribution >= 0.6 is 15.9 Å². The van der Waals surface area contributed by atoms with E-state index < -0.39 is 0 Å². The highest BCUT2D eigenvalue weighted by Crippen LogP contribution is 2.29. The van der Waals surface area contributed by atoms with Gasteiger partial charge in [-0.3, -0.25) is 4.90 Å². The molecule has 0 unspecified atom stereocenters. The Morgan fingerprint density at radius 1 is 1.29 bits per heavy atom. The molecule has 7 nitrogen and oxygen atoms in total. The van der Waals surface area contributed by atoms with Crippen LogP contribution < -0.4 is 10.5 Å². The van der Waals surface area contributed by atoms with E-state index >= 15 is 0 Å². The van der Waals surface area contributed by atoms with E-state index in [-0.39, 0.29) is 12.1 Å². The number of rotatable bonds is 4. The summed E-state index contributed by atoms with van der Waals surface area (Å²) >= 11 is 3.51. The smallest absolute Gasteiger partial charge is 0.303 e. The Kier molecular flexibility index (Phi) is 3.85. The molecule has 1 aliphatic rings. The highest BCUT2D eigenvalue weighted by atomic mass is 79.9. The number of fused-ring (bicyclic) bond motifs is 1. The highest BCUT2D eigenvalue weighted by molar-refractivity contribution is 9.10. The first-order valence-electron chi connectivity index (χ1n) is 7.80. The number of aromatic nitrogens is 4. The van der Waals surface area contributed by atoms with Crippen molar-refractivity contribution in [2.75, 3.05) is 25.4 Å². The number of likely N-dealkylation sites (N-methyl/N-ethyl adjacent to an activating group) is 1. The van der Waals surface area contributed by atoms with Gasteiger partial charge in [-0.05, 0) is 24.7 Å². The second-order valence-corrected chi connectivity index (χ2v) is 6.64. The fourth-order valence-corrected chi connectivity index (χ4v) is 3.17. The van der Waals surface area contributed by atoms with Crippen LogP contribution in [-0.4, -0.2) is 50.2 Å². The van der Waals surface area contributed by atoms with E-state index in [0.29, 0.717) is 11.8 Å². The fourth-order valence-electron chi connectivity index (χ4n) is 2.82. The average Bonchev–Trinajstić information content (AvgIpc) is 2.87. The molecule has 2 N–H and O–H groups in total. The Hall–Kier alpha value is -2.19. The first-order valence-corrected chi connectivity index (χ1v) is 8.59. The Morgan fingerprint density at radius 2 is 2.12 bits per heavy atom. The number of halogens is 1. The third-order valence-corrected chi connectivity index (χ3v) is 4.61. The van der Waals surface area contributed by atoms with Crippen LogP contribution in [0.5, 0.6) is 6.01 Å². The molecule has 0 spiro atoms. The number of benzene rings is 1. The van der Waals surface area contributed by atoms with Crippen molar-refractivity contribution in [1.29, 1.82) is 0 Å². The van der Waals surface area contributed by atoms with Gasteiger partial charge >= 0.3 is 6.01 Å². The molecule has 4 rings (SSSR count). The van der Waals surface area contributed by atoms with Crippen molar-refractivity contribution in [1.82, 2.24) is 24.4 Å². The van der Waals surface area contributed by atoms with Crippen LogP contribution in [0, 0.1) is 0 Å². The second kappa shape index (κ2) is 6.03. The Labute approximate surface area is 147 Å². The van der Waals surface area contributed by atoms with Gasteiger partial charge in [-0.1, -0.05) is 22.9 Å². The number of nitrogen functional groups attached to an aromatic ring is 1. The monoisotopic (exact) mass is 388 g/mol. The molecule has 3 aromatic rings.